The van der Waals surface area contributed by atoms with Crippen LogP contribution in [0.3, 0.4) is 0 Å². The van der Waals surface area contributed by atoms with E-state index in [1.54, 1.807) is 6.92 Å². The molecule has 0 radical (unpaired) electrons. The van der Waals surface area contributed by atoms with Crippen molar-refractivity contribution in [3.05, 3.63) is 41.5 Å². The Balaban J connectivity index is 1.99. The van der Waals surface area contributed by atoms with Crippen molar-refractivity contribution >= 4 is 5.69 Å². The van der Waals surface area contributed by atoms with Gasteiger partial charge >= 0.3 is 0 Å². The summed E-state index contributed by atoms with van der Waals surface area (Å²) in [5.41, 5.74) is 7.66. The van der Waals surface area contributed by atoms with Crippen molar-refractivity contribution < 1.29 is 4.52 Å². The highest BCUT2D eigenvalue weighted by Crippen LogP contribution is 2.09. The maximum Gasteiger partial charge on any atom is 0.223 e. The Bertz CT molecular complexity index is 451. The second kappa shape index (κ2) is 4.13. The van der Waals surface area contributed by atoms with Crippen LogP contribution in [-0.4, -0.2) is 10.1 Å². The molecule has 1 heterocycles. The van der Waals surface area contributed by atoms with Crippen LogP contribution >= 0.6 is 0 Å². The third-order valence-corrected chi connectivity index (χ3v) is 2.16. The maximum atomic E-state index is 5.68. The van der Waals surface area contributed by atoms with E-state index in [4.69, 9.17) is 10.3 Å². The Hall–Kier alpha value is -1.84. The van der Waals surface area contributed by atoms with E-state index in [9.17, 15) is 0 Å². The van der Waals surface area contributed by atoms with Gasteiger partial charge in [-0.25, -0.2) is 0 Å². The first-order valence-electron chi connectivity index (χ1n) is 4.87. The monoisotopic (exact) mass is 203 g/mol. The number of hydrogen-bond donors (Lipinski definition) is 1. The maximum absolute atomic E-state index is 5.68. The Morgan fingerprint density at radius 3 is 2.87 bits per heavy atom. The van der Waals surface area contributed by atoms with E-state index in [-0.39, 0.29) is 0 Å². The molecule has 4 heteroatoms. The largest absolute Gasteiger partial charge is 0.399 e. The molecule has 0 aliphatic rings. The summed E-state index contributed by atoms with van der Waals surface area (Å²) in [6, 6.07) is 7.84. The number of nitrogens with two attached hydrogens (primary N) is 1. The molecule has 0 fully saturated rings. The minimum Gasteiger partial charge on any atom is -0.399 e. The van der Waals surface area contributed by atoms with E-state index in [1.807, 2.05) is 24.3 Å². The van der Waals surface area contributed by atoms with Crippen molar-refractivity contribution in [2.24, 2.45) is 0 Å². The number of hydrogen-bond acceptors (Lipinski definition) is 4. The molecule has 4 nitrogen and oxygen atoms in total. The smallest absolute Gasteiger partial charge is 0.223 e. The number of aryl methyl sites for hydroxylation is 3. The highest BCUT2D eigenvalue weighted by Gasteiger charge is 2.02. The molecule has 2 rings (SSSR count). The van der Waals surface area contributed by atoms with Crippen LogP contribution in [0.15, 0.2) is 28.8 Å². The van der Waals surface area contributed by atoms with E-state index in [0.29, 0.717) is 5.89 Å². The molecular formula is C11H13N3O. The lowest BCUT2D eigenvalue weighted by Gasteiger charge is -1.99. The minimum absolute atomic E-state index is 0.609. The van der Waals surface area contributed by atoms with Gasteiger partial charge in [-0.15, -0.1) is 0 Å². The SMILES string of the molecule is Cc1nc(CCc2cccc(N)c2)no1. The molecule has 0 aliphatic heterocycles. The molecule has 2 aromatic rings. The van der Waals surface area contributed by atoms with Crippen molar-refractivity contribution in [1.82, 2.24) is 10.1 Å². The van der Waals surface area contributed by atoms with Gasteiger partial charge < -0.3 is 10.3 Å². The van der Waals surface area contributed by atoms with Crippen molar-refractivity contribution in [1.29, 1.82) is 0 Å². The average molecular weight is 203 g/mol. The zero-order valence-electron chi connectivity index (χ0n) is 8.60. The van der Waals surface area contributed by atoms with Crippen molar-refractivity contribution in [2.45, 2.75) is 19.8 Å². The number of rotatable bonds is 3. The standard InChI is InChI=1S/C11H13N3O/c1-8-13-11(14-15-8)6-5-9-3-2-4-10(12)7-9/h2-4,7H,5-6,12H2,1H3. The van der Waals surface area contributed by atoms with Gasteiger partial charge in [-0.2, -0.15) is 4.98 Å². The molecular weight excluding hydrogens is 190 g/mol. The van der Waals surface area contributed by atoms with Gasteiger partial charge in [0.15, 0.2) is 5.82 Å². The van der Waals surface area contributed by atoms with Crippen LogP contribution in [0.1, 0.15) is 17.3 Å². The van der Waals surface area contributed by atoms with E-state index < -0.39 is 0 Å². The molecule has 0 saturated heterocycles. The fourth-order valence-corrected chi connectivity index (χ4v) is 1.45. The summed E-state index contributed by atoms with van der Waals surface area (Å²) in [6.45, 7) is 1.79. The van der Waals surface area contributed by atoms with Crippen LogP contribution in [0.2, 0.25) is 0 Å². The molecule has 0 atom stereocenters. The Morgan fingerprint density at radius 1 is 1.33 bits per heavy atom. The molecule has 0 bridgehead atoms. The molecule has 0 amide bonds. The van der Waals surface area contributed by atoms with Crippen LogP contribution in [0.5, 0.6) is 0 Å². The lowest BCUT2D eigenvalue weighted by Crippen LogP contribution is -1.94. The van der Waals surface area contributed by atoms with E-state index in [1.165, 1.54) is 5.56 Å². The second-order valence-electron chi connectivity index (χ2n) is 3.47. The van der Waals surface area contributed by atoms with Gasteiger partial charge in [0.05, 0.1) is 0 Å². The van der Waals surface area contributed by atoms with Crippen LogP contribution in [0.25, 0.3) is 0 Å². The summed E-state index contributed by atoms with van der Waals surface area (Å²) in [4.78, 5) is 4.14. The molecule has 2 N–H and O–H groups in total. The van der Waals surface area contributed by atoms with Gasteiger partial charge in [0.2, 0.25) is 5.89 Å². The molecule has 0 aliphatic carbocycles. The predicted octanol–water partition coefficient (Wildman–Crippen LogP) is 1.75. The zero-order chi connectivity index (χ0) is 10.7. The summed E-state index contributed by atoms with van der Waals surface area (Å²) in [5.74, 6) is 1.35. The number of anilines is 1. The first-order chi connectivity index (χ1) is 7.24. The van der Waals surface area contributed by atoms with E-state index in [2.05, 4.69) is 10.1 Å². The predicted molar refractivity (Wildman–Crippen MR) is 57.3 cm³/mol. The minimum atomic E-state index is 0.609. The van der Waals surface area contributed by atoms with Gasteiger partial charge in [0.1, 0.15) is 0 Å². The van der Waals surface area contributed by atoms with Crippen LogP contribution in [-0.2, 0) is 12.8 Å². The summed E-state index contributed by atoms with van der Waals surface area (Å²) in [7, 11) is 0. The first-order valence-corrected chi connectivity index (χ1v) is 4.87. The Morgan fingerprint density at radius 2 is 2.20 bits per heavy atom. The molecule has 1 aromatic heterocycles. The molecule has 0 saturated carbocycles. The number of benzene rings is 1. The zero-order valence-corrected chi connectivity index (χ0v) is 8.60. The van der Waals surface area contributed by atoms with Crippen LogP contribution in [0.4, 0.5) is 5.69 Å². The third-order valence-electron chi connectivity index (χ3n) is 2.16. The van der Waals surface area contributed by atoms with Gasteiger partial charge in [-0.1, -0.05) is 17.3 Å². The fraction of sp³-hybridized carbons (Fsp3) is 0.273. The van der Waals surface area contributed by atoms with Gasteiger partial charge in [-0.05, 0) is 24.1 Å². The van der Waals surface area contributed by atoms with Crippen molar-refractivity contribution in [3.8, 4) is 0 Å². The number of nitrogen functional groups attached to an aromatic ring is 1. The molecule has 0 unspecified atom stereocenters. The average Bonchev–Trinajstić information content (AvgIpc) is 2.62. The molecule has 78 valence electrons. The highest BCUT2D eigenvalue weighted by atomic mass is 16.5. The third kappa shape index (κ3) is 2.56. The molecule has 0 spiro atoms. The summed E-state index contributed by atoms with van der Waals surface area (Å²) < 4.78 is 4.89. The van der Waals surface area contributed by atoms with E-state index in [0.717, 1.165) is 24.4 Å². The van der Waals surface area contributed by atoms with Gasteiger partial charge in [0, 0.05) is 19.0 Å². The topological polar surface area (TPSA) is 64.9 Å². The Labute approximate surface area is 88.1 Å². The van der Waals surface area contributed by atoms with Crippen molar-refractivity contribution in [2.75, 3.05) is 5.73 Å². The lowest BCUT2D eigenvalue weighted by atomic mass is 10.1. The van der Waals surface area contributed by atoms with Crippen LogP contribution < -0.4 is 5.73 Å². The summed E-state index contributed by atoms with van der Waals surface area (Å²) in [5, 5.41) is 3.84. The quantitative estimate of drug-likeness (QED) is 0.772. The lowest BCUT2D eigenvalue weighted by molar-refractivity contribution is 0.387. The molecule has 1 aromatic carbocycles. The van der Waals surface area contributed by atoms with E-state index >= 15 is 0 Å². The summed E-state index contributed by atoms with van der Waals surface area (Å²) >= 11 is 0. The van der Waals surface area contributed by atoms with Crippen LogP contribution in [0, 0.1) is 6.92 Å². The molecule has 15 heavy (non-hydrogen) atoms. The van der Waals surface area contributed by atoms with Gasteiger partial charge in [0.25, 0.3) is 0 Å². The Kier molecular flexibility index (Phi) is 2.67. The number of aromatic nitrogens is 2. The normalized spacial score (nSPS) is 10.5. The van der Waals surface area contributed by atoms with Gasteiger partial charge in [-0.3, -0.25) is 0 Å². The first kappa shape index (κ1) is 9.71. The fourth-order valence-electron chi connectivity index (χ4n) is 1.45. The highest BCUT2D eigenvalue weighted by molar-refractivity contribution is 5.40. The van der Waals surface area contributed by atoms with Crippen molar-refractivity contribution in [3.63, 3.8) is 0 Å². The summed E-state index contributed by atoms with van der Waals surface area (Å²) in [6.07, 6.45) is 1.66. The number of nitrogens with zero attached hydrogens (tertiary/aromatic N) is 2. The second-order valence-corrected chi connectivity index (χ2v) is 3.47.